The average Bonchev–Trinajstić information content (AvgIpc) is 2.95. The van der Waals surface area contributed by atoms with E-state index in [0.717, 1.165) is 57.1 Å². The molecule has 2 aliphatic heterocycles. The second-order valence-electron chi connectivity index (χ2n) is 6.84. The molecule has 5 heteroatoms. The van der Waals surface area contributed by atoms with Gasteiger partial charge in [-0.25, -0.2) is 4.39 Å². The van der Waals surface area contributed by atoms with Crippen LogP contribution in [0.3, 0.4) is 0 Å². The molecule has 2 aliphatic rings. The summed E-state index contributed by atoms with van der Waals surface area (Å²) in [5.41, 5.74) is 1.66. The van der Waals surface area contributed by atoms with Gasteiger partial charge in [-0.15, -0.1) is 0 Å². The number of nitrogens with zero attached hydrogens (tertiary/aromatic N) is 2. The van der Waals surface area contributed by atoms with E-state index in [-0.39, 0.29) is 5.82 Å². The van der Waals surface area contributed by atoms with Crippen molar-refractivity contribution in [3.05, 3.63) is 35.1 Å². The van der Waals surface area contributed by atoms with Crippen molar-refractivity contribution in [1.29, 1.82) is 0 Å². The summed E-state index contributed by atoms with van der Waals surface area (Å²) >= 11 is 0. The normalized spacial score (nSPS) is 24.9. The maximum atomic E-state index is 13.2. The Balaban J connectivity index is 1.49. The molecule has 3 rings (SSSR count). The highest BCUT2D eigenvalue weighted by Crippen LogP contribution is 2.24. The number of hydrogen-bond acceptors (Lipinski definition) is 4. The molecule has 2 atom stereocenters. The minimum Gasteiger partial charge on any atom is -0.387 e. The number of hydrogen-bond donors (Lipinski definition) is 1. The van der Waals surface area contributed by atoms with Gasteiger partial charge in [-0.05, 0) is 49.1 Å². The predicted octanol–water partition coefficient (Wildman–Crippen LogP) is 1.82. The second-order valence-corrected chi connectivity index (χ2v) is 6.84. The standard InChI is InChI=1S/C18H27FN2O2/c1-14-10-16(19)2-3-17(14)18(22)13-21-5-4-15(12-21)11-20-6-8-23-9-7-20/h2-3,10,15,18,22H,4-9,11-13H2,1H3. The largest absolute Gasteiger partial charge is 0.387 e. The average molecular weight is 322 g/mol. The first-order valence-electron chi connectivity index (χ1n) is 8.58. The van der Waals surface area contributed by atoms with E-state index in [9.17, 15) is 9.50 Å². The SMILES string of the molecule is Cc1cc(F)ccc1C(O)CN1CCC(CN2CCOCC2)C1. The molecule has 1 aromatic rings. The van der Waals surface area contributed by atoms with E-state index < -0.39 is 6.10 Å². The van der Waals surface area contributed by atoms with Crippen LogP contribution in [-0.2, 0) is 4.74 Å². The van der Waals surface area contributed by atoms with E-state index in [2.05, 4.69) is 9.80 Å². The highest BCUT2D eigenvalue weighted by Gasteiger charge is 2.27. The van der Waals surface area contributed by atoms with Crippen LogP contribution in [0.2, 0.25) is 0 Å². The van der Waals surface area contributed by atoms with Gasteiger partial charge in [0.05, 0.1) is 19.3 Å². The maximum absolute atomic E-state index is 13.2. The number of likely N-dealkylation sites (tertiary alicyclic amines) is 1. The summed E-state index contributed by atoms with van der Waals surface area (Å²) < 4.78 is 18.6. The van der Waals surface area contributed by atoms with Crippen LogP contribution in [0, 0.1) is 18.7 Å². The Morgan fingerprint density at radius 2 is 2.04 bits per heavy atom. The van der Waals surface area contributed by atoms with Gasteiger partial charge >= 0.3 is 0 Å². The summed E-state index contributed by atoms with van der Waals surface area (Å²) in [5, 5.41) is 10.5. The van der Waals surface area contributed by atoms with Crippen LogP contribution < -0.4 is 0 Å². The van der Waals surface area contributed by atoms with E-state index in [4.69, 9.17) is 4.74 Å². The van der Waals surface area contributed by atoms with Crippen LogP contribution >= 0.6 is 0 Å². The number of ether oxygens (including phenoxy) is 1. The molecule has 1 N–H and O–H groups in total. The Labute approximate surface area is 137 Å². The molecule has 4 nitrogen and oxygen atoms in total. The van der Waals surface area contributed by atoms with Crippen molar-refractivity contribution in [2.45, 2.75) is 19.4 Å². The van der Waals surface area contributed by atoms with Crippen LogP contribution in [0.4, 0.5) is 4.39 Å². The van der Waals surface area contributed by atoms with Crippen LogP contribution in [0.1, 0.15) is 23.7 Å². The van der Waals surface area contributed by atoms with Crippen molar-refractivity contribution >= 4 is 0 Å². The van der Waals surface area contributed by atoms with Gasteiger partial charge in [0.15, 0.2) is 0 Å². The minimum atomic E-state index is -0.544. The van der Waals surface area contributed by atoms with E-state index in [0.29, 0.717) is 12.5 Å². The fraction of sp³-hybridized carbons (Fsp3) is 0.667. The van der Waals surface area contributed by atoms with Crippen molar-refractivity contribution in [2.75, 3.05) is 52.5 Å². The molecule has 0 aromatic heterocycles. The van der Waals surface area contributed by atoms with Crippen LogP contribution in [0.5, 0.6) is 0 Å². The zero-order valence-electron chi connectivity index (χ0n) is 13.9. The number of aliphatic hydroxyl groups is 1. The zero-order valence-corrected chi connectivity index (χ0v) is 13.9. The molecule has 128 valence electrons. The van der Waals surface area contributed by atoms with E-state index >= 15 is 0 Å². The van der Waals surface area contributed by atoms with Crippen molar-refractivity contribution in [2.24, 2.45) is 5.92 Å². The van der Waals surface area contributed by atoms with Crippen molar-refractivity contribution in [3.63, 3.8) is 0 Å². The van der Waals surface area contributed by atoms with Crippen LogP contribution in [-0.4, -0.2) is 67.4 Å². The maximum Gasteiger partial charge on any atom is 0.123 e. The monoisotopic (exact) mass is 322 g/mol. The predicted molar refractivity (Wildman–Crippen MR) is 87.9 cm³/mol. The van der Waals surface area contributed by atoms with Crippen LogP contribution in [0.25, 0.3) is 0 Å². The van der Waals surface area contributed by atoms with Crippen molar-refractivity contribution in [3.8, 4) is 0 Å². The van der Waals surface area contributed by atoms with Crippen molar-refractivity contribution in [1.82, 2.24) is 9.80 Å². The summed E-state index contributed by atoms with van der Waals surface area (Å²) in [6.07, 6.45) is 0.643. The summed E-state index contributed by atoms with van der Waals surface area (Å²) in [6, 6.07) is 4.62. The second kappa shape index (κ2) is 7.71. The Hall–Kier alpha value is -1.01. The van der Waals surface area contributed by atoms with Gasteiger partial charge in [0.1, 0.15) is 5.82 Å². The van der Waals surface area contributed by atoms with Gasteiger partial charge in [0, 0.05) is 32.7 Å². The lowest BCUT2D eigenvalue weighted by atomic mass is 10.0. The number of aliphatic hydroxyl groups excluding tert-OH is 1. The van der Waals surface area contributed by atoms with Gasteiger partial charge < -0.3 is 14.7 Å². The Morgan fingerprint density at radius 1 is 1.26 bits per heavy atom. The van der Waals surface area contributed by atoms with Gasteiger partial charge in [-0.2, -0.15) is 0 Å². The third-order valence-electron chi connectivity index (χ3n) is 5.01. The number of morpholine rings is 1. The fourth-order valence-electron chi connectivity index (χ4n) is 3.73. The quantitative estimate of drug-likeness (QED) is 0.897. The third-order valence-corrected chi connectivity index (χ3v) is 5.01. The number of aryl methyl sites for hydroxylation is 1. The molecule has 2 fully saturated rings. The fourth-order valence-corrected chi connectivity index (χ4v) is 3.73. The van der Waals surface area contributed by atoms with Crippen LogP contribution in [0.15, 0.2) is 18.2 Å². The summed E-state index contributed by atoms with van der Waals surface area (Å²) in [7, 11) is 0. The third kappa shape index (κ3) is 4.51. The highest BCUT2D eigenvalue weighted by molar-refractivity contribution is 5.28. The number of benzene rings is 1. The van der Waals surface area contributed by atoms with Crippen molar-refractivity contribution < 1.29 is 14.2 Å². The lowest BCUT2D eigenvalue weighted by Crippen LogP contribution is -2.40. The topological polar surface area (TPSA) is 35.9 Å². The molecule has 0 bridgehead atoms. The first-order valence-corrected chi connectivity index (χ1v) is 8.58. The Morgan fingerprint density at radius 3 is 2.78 bits per heavy atom. The molecule has 2 saturated heterocycles. The van der Waals surface area contributed by atoms with E-state index in [1.807, 2.05) is 6.92 Å². The first kappa shape index (κ1) is 16.8. The highest BCUT2D eigenvalue weighted by atomic mass is 19.1. The van der Waals surface area contributed by atoms with Gasteiger partial charge in [-0.1, -0.05) is 6.07 Å². The molecule has 0 aliphatic carbocycles. The lowest BCUT2D eigenvalue weighted by molar-refractivity contribution is 0.0308. The molecule has 23 heavy (non-hydrogen) atoms. The Bertz CT molecular complexity index is 520. The summed E-state index contributed by atoms with van der Waals surface area (Å²) in [4.78, 5) is 4.82. The number of β-amino-alcohol motifs (C(OH)–C–C–N with tert-alkyl or cyclic N) is 1. The molecule has 0 saturated carbocycles. The number of rotatable bonds is 5. The lowest BCUT2D eigenvalue weighted by Gasteiger charge is -2.29. The molecule has 1 aromatic carbocycles. The molecule has 0 radical (unpaired) electrons. The Kier molecular flexibility index (Phi) is 5.64. The molecular formula is C18H27FN2O2. The minimum absolute atomic E-state index is 0.245. The molecule has 0 amide bonds. The number of halogens is 1. The van der Waals surface area contributed by atoms with Gasteiger partial charge in [0.2, 0.25) is 0 Å². The molecule has 2 unspecified atom stereocenters. The van der Waals surface area contributed by atoms with Gasteiger partial charge in [-0.3, -0.25) is 4.90 Å². The molecule has 0 spiro atoms. The van der Waals surface area contributed by atoms with Gasteiger partial charge in [0.25, 0.3) is 0 Å². The van der Waals surface area contributed by atoms with E-state index in [1.165, 1.54) is 18.6 Å². The molecular weight excluding hydrogens is 295 g/mol. The molecule has 2 heterocycles. The zero-order chi connectivity index (χ0) is 16.2. The van der Waals surface area contributed by atoms with E-state index in [1.54, 1.807) is 6.07 Å². The first-order chi connectivity index (χ1) is 11.1. The summed E-state index contributed by atoms with van der Waals surface area (Å²) in [6.45, 7) is 9.45. The smallest absolute Gasteiger partial charge is 0.123 e. The summed E-state index contributed by atoms with van der Waals surface area (Å²) in [5.74, 6) is 0.430.